The molecule has 0 aliphatic carbocycles. The van der Waals surface area contributed by atoms with E-state index in [2.05, 4.69) is 9.97 Å². The molecule has 4 heteroatoms. The van der Waals surface area contributed by atoms with Gasteiger partial charge in [-0.05, 0) is 18.2 Å². The molecule has 0 N–H and O–H groups in total. The van der Waals surface area contributed by atoms with Crippen LogP contribution in [0.25, 0.3) is 10.9 Å². The minimum Gasteiger partial charge on any atom is -0.233 e. The van der Waals surface area contributed by atoms with Gasteiger partial charge in [-0.3, -0.25) is 0 Å². The summed E-state index contributed by atoms with van der Waals surface area (Å²) in [7, 11) is 0. The summed E-state index contributed by atoms with van der Waals surface area (Å²) in [6.45, 7) is 3.97. The molecule has 1 aromatic heterocycles. The smallest absolute Gasteiger partial charge is 0.140 e. The maximum Gasteiger partial charge on any atom is 0.140 e. The molecular formula is C11H10ClFN2. The van der Waals surface area contributed by atoms with Crippen LogP contribution in [0.4, 0.5) is 4.39 Å². The molecule has 2 aromatic rings. The molecule has 1 heterocycles. The van der Waals surface area contributed by atoms with E-state index in [1.54, 1.807) is 6.07 Å². The Bertz CT molecular complexity index is 511. The van der Waals surface area contributed by atoms with Gasteiger partial charge in [0.05, 0.1) is 5.52 Å². The van der Waals surface area contributed by atoms with Crippen molar-refractivity contribution in [2.45, 2.75) is 19.8 Å². The number of rotatable bonds is 1. The largest absolute Gasteiger partial charge is 0.233 e. The van der Waals surface area contributed by atoms with Gasteiger partial charge in [0.2, 0.25) is 0 Å². The highest BCUT2D eigenvalue weighted by Gasteiger charge is 2.09. The Labute approximate surface area is 92.1 Å². The fraction of sp³-hybridized carbons (Fsp3) is 0.273. The van der Waals surface area contributed by atoms with Gasteiger partial charge in [-0.25, -0.2) is 14.4 Å². The molecule has 0 aliphatic heterocycles. The third-order valence-electron chi connectivity index (χ3n) is 2.14. The summed E-state index contributed by atoms with van der Waals surface area (Å²) in [5, 5.41) is 0.865. The lowest BCUT2D eigenvalue weighted by atomic mass is 10.2. The summed E-state index contributed by atoms with van der Waals surface area (Å²) in [6, 6.07) is 4.33. The summed E-state index contributed by atoms with van der Waals surface area (Å²) in [4.78, 5) is 8.44. The second-order valence-corrected chi connectivity index (χ2v) is 4.05. The van der Waals surface area contributed by atoms with E-state index in [9.17, 15) is 4.39 Å². The van der Waals surface area contributed by atoms with Gasteiger partial charge in [-0.15, -0.1) is 0 Å². The number of benzene rings is 1. The zero-order chi connectivity index (χ0) is 11.0. The first-order valence-corrected chi connectivity index (χ1v) is 5.08. The molecule has 0 unspecified atom stereocenters. The molecule has 0 amide bonds. The van der Waals surface area contributed by atoms with Crippen LogP contribution in [0.3, 0.4) is 0 Å². The molecule has 2 nitrogen and oxygen atoms in total. The Morgan fingerprint density at radius 3 is 2.67 bits per heavy atom. The van der Waals surface area contributed by atoms with E-state index >= 15 is 0 Å². The predicted octanol–water partition coefficient (Wildman–Crippen LogP) is 3.55. The van der Waals surface area contributed by atoms with Crippen molar-refractivity contribution in [1.82, 2.24) is 9.97 Å². The number of nitrogens with zero attached hydrogens (tertiary/aromatic N) is 2. The number of aromatic nitrogens is 2. The van der Waals surface area contributed by atoms with Crippen molar-refractivity contribution in [3.8, 4) is 0 Å². The standard InChI is InChI=1S/C11H10ClFN2/c1-6(2)11-14-9-4-3-7(13)5-8(9)10(12)15-11/h3-6H,1-2H3. The van der Waals surface area contributed by atoms with Gasteiger partial charge in [0.25, 0.3) is 0 Å². The van der Waals surface area contributed by atoms with Crippen LogP contribution < -0.4 is 0 Å². The van der Waals surface area contributed by atoms with Gasteiger partial charge in [-0.2, -0.15) is 0 Å². The van der Waals surface area contributed by atoms with Crippen molar-refractivity contribution >= 4 is 22.5 Å². The quantitative estimate of drug-likeness (QED) is 0.693. The molecular weight excluding hydrogens is 215 g/mol. The van der Waals surface area contributed by atoms with Crippen LogP contribution in [-0.4, -0.2) is 9.97 Å². The van der Waals surface area contributed by atoms with Gasteiger partial charge in [-0.1, -0.05) is 25.4 Å². The Balaban J connectivity index is 2.73. The highest BCUT2D eigenvalue weighted by Crippen LogP contribution is 2.23. The number of fused-ring (bicyclic) bond motifs is 1. The molecule has 1 aromatic carbocycles. The van der Waals surface area contributed by atoms with Crippen molar-refractivity contribution in [2.75, 3.05) is 0 Å². The SMILES string of the molecule is CC(C)c1nc(Cl)c2cc(F)ccc2n1. The normalized spacial score (nSPS) is 11.3. The fourth-order valence-electron chi connectivity index (χ4n) is 1.34. The number of hydrogen-bond donors (Lipinski definition) is 0. The van der Waals surface area contributed by atoms with Crippen LogP contribution in [-0.2, 0) is 0 Å². The van der Waals surface area contributed by atoms with Crippen LogP contribution in [0.5, 0.6) is 0 Å². The van der Waals surface area contributed by atoms with E-state index < -0.39 is 0 Å². The van der Waals surface area contributed by atoms with E-state index in [1.165, 1.54) is 12.1 Å². The lowest BCUT2D eigenvalue weighted by molar-refractivity contribution is 0.629. The zero-order valence-corrected chi connectivity index (χ0v) is 9.22. The second-order valence-electron chi connectivity index (χ2n) is 3.69. The molecule has 0 spiro atoms. The van der Waals surface area contributed by atoms with Gasteiger partial charge in [0, 0.05) is 11.3 Å². The lowest BCUT2D eigenvalue weighted by Crippen LogP contribution is -1.98. The van der Waals surface area contributed by atoms with Crippen LogP contribution in [0.1, 0.15) is 25.6 Å². The Kier molecular flexibility index (Phi) is 2.57. The molecule has 0 saturated heterocycles. The molecule has 0 atom stereocenters. The predicted molar refractivity (Wildman–Crippen MR) is 58.6 cm³/mol. The molecule has 15 heavy (non-hydrogen) atoms. The molecule has 0 bridgehead atoms. The number of halogens is 2. The van der Waals surface area contributed by atoms with E-state index in [0.29, 0.717) is 21.9 Å². The first-order valence-electron chi connectivity index (χ1n) is 4.70. The highest BCUT2D eigenvalue weighted by molar-refractivity contribution is 6.34. The van der Waals surface area contributed by atoms with E-state index in [4.69, 9.17) is 11.6 Å². The first-order chi connectivity index (χ1) is 7.08. The zero-order valence-electron chi connectivity index (χ0n) is 8.46. The summed E-state index contributed by atoms with van der Waals surface area (Å²) in [5.74, 6) is 0.557. The van der Waals surface area contributed by atoms with Crippen LogP contribution in [0.2, 0.25) is 5.15 Å². The van der Waals surface area contributed by atoms with Crippen LogP contribution >= 0.6 is 11.6 Å². The monoisotopic (exact) mass is 224 g/mol. The van der Waals surface area contributed by atoms with Crippen molar-refractivity contribution in [3.63, 3.8) is 0 Å². The Morgan fingerprint density at radius 1 is 1.27 bits per heavy atom. The minimum atomic E-state index is -0.328. The van der Waals surface area contributed by atoms with Gasteiger partial charge in [0.1, 0.15) is 16.8 Å². The third kappa shape index (κ3) is 1.92. The maximum absolute atomic E-state index is 13.0. The van der Waals surface area contributed by atoms with Crippen LogP contribution in [0, 0.1) is 5.82 Å². The molecule has 0 aliphatic rings. The summed E-state index contributed by atoms with van der Waals surface area (Å²) in [5.41, 5.74) is 0.681. The van der Waals surface area contributed by atoms with Crippen molar-refractivity contribution < 1.29 is 4.39 Å². The molecule has 78 valence electrons. The maximum atomic E-state index is 13.0. The second kappa shape index (κ2) is 3.74. The van der Waals surface area contributed by atoms with E-state index in [1.807, 2.05) is 13.8 Å². The molecule has 0 radical (unpaired) electrons. The summed E-state index contributed by atoms with van der Waals surface area (Å²) >= 11 is 5.96. The average Bonchev–Trinajstić information content (AvgIpc) is 2.18. The summed E-state index contributed by atoms with van der Waals surface area (Å²) in [6.07, 6.45) is 0. The first kappa shape index (κ1) is 10.3. The highest BCUT2D eigenvalue weighted by atomic mass is 35.5. The van der Waals surface area contributed by atoms with Gasteiger partial charge < -0.3 is 0 Å². The number of hydrogen-bond acceptors (Lipinski definition) is 2. The van der Waals surface area contributed by atoms with Gasteiger partial charge >= 0.3 is 0 Å². The average molecular weight is 225 g/mol. The Morgan fingerprint density at radius 2 is 2.00 bits per heavy atom. The lowest BCUT2D eigenvalue weighted by Gasteiger charge is -2.06. The van der Waals surface area contributed by atoms with E-state index in [0.717, 1.165) is 0 Å². The van der Waals surface area contributed by atoms with Gasteiger partial charge in [0.15, 0.2) is 0 Å². The third-order valence-corrected chi connectivity index (χ3v) is 2.43. The fourth-order valence-corrected chi connectivity index (χ4v) is 1.58. The molecule has 0 fully saturated rings. The molecule has 2 rings (SSSR count). The van der Waals surface area contributed by atoms with Crippen molar-refractivity contribution in [2.24, 2.45) is 0 Å². The van der Waals surface area contributed by atoms with E-state index in [-0.39, 0.29) is 11.7 Å². The Hall–Kier alpha value is -1.22. The van der Waals surface area contributed by atoms with Crippen LogP contribution in [0.15, 0.2) is 18.2 Å². The van der Waals surface area contributed by atoms with Crippen molar-refractivity contribution in [3.05, 3.63) is 35.0 Å². The topological polar surface area (TPSA) is 25.8 Å². The summed E-state index contributed by atoms with van der Waals surface area (Å²) < 4.78 is 13.0. The minimum absolute atomic E-state index is 0.206. The van der Waals surface area contributed by atoms with Crippen molar-refractivity contribution in [1.29, 1.82) is 0 Å². The molecule has 0 saturated carbocycles.